The van der Waals surface area contributed by atoms with Crippen LogP contribution in [0.5, 0.6) is 0 Å². The Morgan fingerprint density at radius 2 is 2.21 bits per heavy atom. The summed E-state index contributed by atoms with van der Waals surface area (Å²) in [5, 5.41) is 21.5. The molecule has 3 N–H and O–H groups in total. The van der Waals surface area contributed by atoms with Gasteiger partial charge in [-0.25, -0.2) is 0 Å². The lowest BCUT2D eigenvalue weighted by molar-refractivity contribution is 0.0979. The van der Waals surface area contributed by atoms with E-state index in [9.17, 15) is 5.11 Å². The van der Waals surface area contributed by atoms with E-state index in [0.717, 1.165) is 25.8 Å². The monoisotopic (exact) mass is 201 g/mol. The highest BCUT2D eigenvalue weighted by Crippen LogP contribution is 2.31. The van der Waals surface area contributed by atoms with Crippen molar-refractivity contribution in [1.82, 2.24) is 5.32 Å². The quantitative estimate of drug-likeness (QED) is 0.579. The van der Waals surface area contributed by atoms with E-state index in [1.165, 1.54) is 12.8 Å². The molecule has 0 heterocycles. The van der Waals surface area contributed by atoms with Crippen LogP contribution < -0.4 is 5.32 Å². The van der Waals surface area contributed by atoms with E-state index in [1.54, 1.807) is 0 Å². The average molecular weight is 201 g/mol. The van der Waals surface area contributed by atoms with E-state index in [-0.39, 0.29) is 18.8 Å². The van der Waals surface area contributed by atoms with Crippen molar-refractivity contribution in [3.63, 3.8) is 0 Å². The second-order valence-corrected chi connectivity index (χ2v) is 4.64. The summed E-state index contributed by atoms with van der Waals surface area (Å²) in [6.07, 6.45) is 5.39. The molecule has 14 heavy (non-hydrogen) atoms. The minimum Gasteiger partial charge on any atom is -0.396 e. The van der Waals surface area contributed by atoms with Crippen LogP contribution in [0.2, 0.25) is 0 Å². The molecule has 0 aliphatic heterocycles. The molecule has 84 valence electrons. The predicted octanol–water partition coefficient (Wildman–Crippen LogP) is 0.900. The van der Waals surface area contributed by atoms with E-state index in [2.05, 4.69) is 12.2 Å². The van der Waals surface area contributed by atoms with Crippen LogP contribution in [0.1, 0.15) is 39.0 Å². The van der Waals surface area contributed by atoms with Gasteiger partial charge < -0.3 is 15.5 Å². The summed E-state index contributed by atoms with van der Waals surface area (Å²) >= 11 is 0. The van der Waals surface area contributed by atoms with Crippen molar-refractivity contribution in [2.45, 2.75) is 44.6 Å². The van der Waals surface area contributed by atoms with E-state index in [0.29, 0.717) is 5.92 Å². The normalized spacial score (nSPS) is 33.2. The number of rotatable bonds is 5. The van der Waals surface area contributed by atoms with Gasteiger partial charge in [-0.3, -0.25) is 0 Å². The molecule has 0 aromatic rings. The molecule has 0 bridgehead atoms. The summed E-state index contributed by atoms with van der Waals surface area (Å²) in [5.41, 5.74) is -0.0627. The summed E-state index contributed by atoms with van der Waals surface area (Å²) in [4.78, 5) is 0. The summed E-state index contributed by atoms with van der Waals surface area (Å²) in [6, 6.07) is 0. The third-order valence-electron chi connectivity index (χ3n) is 3.23. The average Bonchev–Trinajstić information content (AvgIpc) is 2.18. The Hall–Kier alpha value is -0.120. The number of aliphatic hydroxyl groups is 2. The lowest BCUT2D eigenvalue weighted by Gasteiger charge is -2.39. The van der Waals surface area contributed by atoms with Crippen LogP contribution in [0.15, 0.2) is 0 Å². The second kappa shape index (κ2) is 5.69. The lowest BCUT2D eigenvalue weighted by Crippen LogP contribution is -2.51. The number of aliphatic hydroxyl groups excluding tert-OH is 2. The van der Waals surface area contributed by atoms with Crippen molar-refractivity contribution < 1.29 is 10.2 Å². The number of hydrogen-bond donors (Lipinski definition) is 3. The van der Waals surface area contributed by atoms with Gasteiger partial charge in [-0.1, -0.05) is 19.8 Å². The molecular formula is C11H23NO2. The zero-order valence-corrected chi connectivity index (χ0v) is 9.13. The van der Waals surface area contributed by atoms with Gasteiger partial charge in [0.25, 0.3) is 0 Å². The maximum Gasteiger partial charge on any atom is 0.0613 e. The fourth-order valence-corrected chi connectivity index (χ4v) is 2.45. The standard InChI is InChI=1S/C11H23NO2/c1-10-4-2-5-11(8-10,9-14)12-6-3-7-13/h10,12-14H,2-9H2,1H3. The highest BCUT2D eigenvalue weighted by atomic mass is 16.3. The zero-order chi connectivity index (χ0) is 10.4. The zero-order valence-electron chi connectivity index (χ0n) is 9.13. The van der Waals surface area contributed by atoms with Gasteiger partial charge in [-0.2, -0.15) is 0 Å². The number of nitrogens with one attached hydrogen (secondary N) is 1. The molecule has 0 spiro atoms. The molecule has 2 atom stereocenters. The fourth-order valence-electron chi connectivity index (χ4n) is 2.45. The smallest absolute Gasteiger partial charge is 0.0613 e. The molecule has 1 aliphatic rings. The van der Waals surface area contributed by atoms with Crippen LogP contribution in [0, 0.1) is 5.92 Å². The first-order chi connectivity index (χ1) is 6.72. The van der Waals surface area contributed by atoms with Crippen LogP contribution in [-0.4, -0.2) is 35.5 Å². The first-order valence-corrected chi connectivity index (χ1v) is 5.69. The first-order valence-electron chi connectivity index (χ1n) is 5.69. The van der Waals surface area contributed by atoms with Crippen molar-refractivity contribution in [2.75, 3.05) is 19.8 Å². The van der Waals surface area contributed by atoms with E-state index < -0.39 is 0 Å². The van der Waals surface area contributed by atoms with Gasteiger partial charge in [-0.05, 0) is 31.7 Å². The molecule has 1 rings (SSSR count). The molecule has 0 radical (unpaired) electrons. The largest absolute Gasteiger partial charge is 0.396 e. The number of hydrogen-bond acceptors (Lipinski definition) is 3. The van der Waals surface area contributed by atoms with Crippen LogP contribution in [0.4, 0.5) is 0 Å². The van der Waals surface area contributed by atoms with Gasteiger partial charge in [0.2, 0.25) is 0 Å². The molecule has 0 aromatic carbocycles. The SMILES string of the molecule is CC1CCCC(CO)(NCCCO)C1. The molecule has 0 aromatic heterocycles. The van der Waals surface area contributed by atoms with Crippen LogP contribution in [-0.2, 0) is 0 Å². The molecular weight excluding hydrogens is 178 g/mol. The molecule has 3 heteroatoms. The van der Waals surface area contributed by atoms with Gasteiger partial charge in [-0.15, -0.1) is 0 Å². The Bertz CT molecular complexity index is 163. The molecule has 1 fully saturated rings. The van der Waals surface area contributed by atoms with Crippen molar-refractivity contribution in [3.8, 4) is 0 Å². The Kier molecular flexibility index (Phi) is 4.85. The minimum absolute atomic E-state index is 0.0627. The molecule has 0 amide bonds. The van der Waals surface area contributed by atoms with Crippen LogP contribution in [0.3, 0.4) is 0 Å². The maximum atomic E-state index is 9.43. The molecule has 1 saturated carbocycles. The highest BCUT2D eigenvalue weighted by molar-refractivity contribution is 4.92. The maximum absolute atomic E-state index is 9.43. The summed E-state index contributed by atoms with van der Waals surface area (Å²) in [5.74, 6) is 0.706. The second-order valence-electron chi connectivity index (χ2n) is 4.64. The van der Waals surface area contributed by atoms with Crippen LogP contribution >= 0.6 is 0 Å². The Morgan fingerprint density at radius 3 is 2.79 bits per heavy atom. The van der Waals surface area contributed by atoms with Gasteiger partial charge >= 0.3 is 0 Å². The molecule has 0 saturated heterocycles. The summed E-state index contributed by atoms with van der Waals surface area (Å²) in [7, 11) is 0. The minimum atomic E-state index is -0.0627. The van der Waals surface area contributed by atoms with Gasteiger partial charge in [0.1, 0.15) is 0 Å². The molecule has 2 unspecified atom stereocenters. The fraction of sp³-hybridized carbons (Fsp3) is 1.00. The highest BCUT2D eigenvalue weighted by Gasteiger charge is 2.33. The Labute approximate surface area is 86.5 Å². The van der Waals surface area contributed by atoms with Crippen LogP contribution in [0.25, 0.3) is 0 Å². The summed E-state index contributed by atoms with van der Waals surface area (Å²) in [6.45, 7) is 3.51. The summed E-state index contributed by atoms with van der Waals surface area (Å²) < 4.78 is 0. The molecule has 1 aliphatic carbocycles. The van der Waals surface area contributed by atoms with E-state index >= 15 is 0 Å². The van der Waals surface area contributed by atoms with Crippen molar-refractivity contribution in [1.29, 1.82) is 0 Å². The Balaban J connectivity index is 2.39. The van der Waals surface area contributed by atoms with E-state index in [1.807, 2.05) is 0 Å². The van der Waals surface area contributed by atoms with Gasteiger partial charge in [0.15, 0.2) is 0 Å². The predicted molar refractivity (Wildman–Crippen MR) is 57.2 cm³/mol. The first kappa shape index (κ1) is 12.0. The van der Waals surface area contributed by atoms with Crippen molar-refractivity contribution >= 4 is 0 Å². The lowest BCUT2D eigenvalue weighted by atomic mass is 9.77. The van der Waals surface area contributed by atoms with Gasteiger partial charge in [0, 0.05) is 12.1 Å². The molecule has 3 nitrogen and oxygen atoms in total. The third-order valence-corrected chi connectivity index (χ3v) is 3.23. The topological polar surface area (TPSA) is 52.5 Å². The van der Waals surface area contributed by atoms with E-state index in [4.69, 9.17) is 5.11 Å². The van der Waals surface area contributed by atoms with Gasteiger partial charge in [0.05, 0.1) is 6.61 Å². The van der Waals surface area contributed by atoms with Crippen molar-refractivity contribution in [3.05, 3.63) is 0 Å². The Morgan fingerprint density at radius 1 is 1.43 bits per heavy atom. The third kappa shape index (κ3) is 3.23. The van der Waals surface area contributed by atoms with Crippen molar-refractivity contribution in [2.24, 2.45) is 5.92 Å².